The molecule has 0 amide bonds. The third-order valence-corrected chi connectivity index (χ3v) is 2.94. The van der Waals surface area contributed by atoms with Gasteiger partial charge in [0.1, 0.15) is 11.6 Å². The van der Waals surface area contributed by atoms with Gasteiger partial charge < -0.3 is 15.6 Å². The van der Waals surface area contributed by atoms with Gasteiger partial charge in [-0.25, -0.2) is 4.39 Å². The van der Waals surface area contributed by atoms with Crippen molar-refractivity contribution in [3.63, 3.8) is 0 Å². The molecule has 18 heavy (non-hydrogen) atoms. The first-order valence-corrected chi connectivity index (χ1v) is 5.96. The number of hydrogen-bond acceptors (Lipinski definition) is 3. The van der Waals surface area contributed by atoms with E-state index >= 15 is 0 Å². The largest absolute Gasteiger partial charge is 0.493 e. The number of carbonyl (C=O) groups is 1. The van der Waals surface area contributed by atoms with Gasteiger partial charge in [0.2, 0.25) is 0 Å². The fraction of sp³-hybridized carbons (Fsp3) is 0.462. The lowest BCUT2D eigenvalue weighted by Gasteiger charge is -2.15. The van der Waals surface area contributed by atoms with Crippen molar-refractivity contribution in [3.05, 3.63) is 29.6 Å². The topological polar surface area (TPSA) is 72.6 Å². The van der Waals surface area contributed by atoms with Gasteiger partial charge in [0.25, 0.3) is 0 Å². The molecule has 0 aromatic heterocycles. The molecule has 0 radical (unpaired) electrons. The van der Waals surface area contributed by atoms with Crippen molar-refractivity contribution in [2.24, 2.45) is 11.7 Å². The van der Waals surface area contributed by atoms with E-state index in [-0.39, 0.29) is 6.42 Å². The van der Waals surface area contributed by atoms with Gasteiger partial charge >= 0.3 is 5.97 Å². The van der Waals surface area contributed by atoms with Crippen LogP contribution in [0, 0.1) is 11.7 Å². The average Bonchev–Trinajstić information content (AvgIpc) is 3.10. The molecule has 0 saturated heterocycles. The van der Waals surface area contributed by atoms with Crippen LogP contribution in [0.3, 0.4) is 0 Å². The van der Waals surface area contributed by atoms with Crippen LogP contribution in [-0.2, 0) is 4.79 Å². The van der Waals surface area contributed by atoms with Crippen molar-refractivity contribution in [3.8, 4) is 5.75 Å². The predicted octanol–water partition coefficient (Wildman–Crippen LogP) is 2.09. The molecule has 1 aliphatic rings. The van der Waals surface area contributed by atoms with Crippen molar-refractivity contribution in [2.45, 2.75) is 25.3 Å². The zero-order valence-corrected chi connectivity index (χ0v) is 9.93. The van der Waals surface area contributed by atoms with E-state index in [4.69, 9.17) is 15.6 Å². The van der Waals surface area contributed by atoms with Gasteiger partial charge in [-0.05, 0) is 37.0 Å². The second kappa shape index (κ2) is 5.35. The van der Waals surface area contributed by atoms with E-state index < -0.39 is 17.8 Å². The van der Waals surface area contributed by atoms with E-state index in [1.807, 2.05) is 0 Å². The van der Waals surface area contributed by atoms with Crippen molar-refractivity contribution < 1.29 is 19.0 Å². The predicted molar refractivity (Wildman–Crippen MR) is 63.8 cm³/mol. The van der Waals surface area contributed by atoms with Crippen LogP contribution < -0.4 is 10.5 Å². The minimum Gasteiger partial charge on any atom is -0.493 e. The highest BCUT2D eigenvalue weighted by Gasteiger charge is 2.23. The molecule has 1 fully saturated rings. The highest BCUT2D eigenvalue weighted by atomic mass is 19.1. The quantitative estimate of drug-likeness (QED) is 0.814. The summed E-state index contributed by atoms with van der Waals surface area (Å²) in [5.41, 5.74) is 6.18. The summed E-state index contributed by atoms with van der Waals surface area (Å²) >= 11 is 0. The summed E-state index contributed by atoms with van der Waals surface area (Å²) in [7, 11) is 0. The molecule has 1 atom stereocenters. The normalized spacial score (nSPS) is 16.3. The van der Waals surface area contributed by atoms with Crippen molar-refractivity contribution >= 4 is 5.97 Å². The van der Waals surface area contributed by atoms with Gasteiger partial charge in [0.05, 0.1) is 13.0 Å². The van der Waals surface area contributed by atoms with E-state index in [9.17, 15) is 9.18 Å². The van der Waals surface area contributed by atoms with Gasteiger partial charge in [0.15, 0.2) is 0 Å². The molecule has 2 rings (SSSR count). The third-order valence-electron chi connectivity index (χ3n) is 2.94. The minimum absolute atomic E-state index is 0.247. The van der Waals surface area contributed by atoms with Crippen LogP contribution in [0.15, 0.2) is 18.2 Å². The number of carboxylic acid groups (broad SMARTS) is 1. The molecule has 1 aromatic rings. The molecule has 0 heterocycles. The number of aliphatic carboxylic acids is 1. The zero-order valence-electron chi connectivity index (χ0n) is 9.93. The SMILES string of the molecule is NC(CC(=O)O)c1cc(F)ccc1OCC1CC1. The number of halogens is 1. The molecule has 3 N–H and O–H groups in total. The van der Waals surface area contributed by atoms with Crippen molar-refractivity contribution in [1.82, 2.24) is 0 Å². The number of carboxylic acids is 1. The summed E-state index contributed by atoms with van der Waals surface area (Å²) in [4.78, 5) is 10.6. The van der Waals surface area contributed by atoms with Gasteiger partial charge in [-0.2, -0.15) is 0 Å². The highest BCUT2D eigenvalue weighted by Crippen LogP contribution is 2.32. The number of ether oxygens (including phenoxy) is 1. The van der Waals surface area contributed by atoms with E-state index in [0.29, 0.717) is 23.8 Å². The zero-order chi connectivity index (χ0) is 13.1. The molecule has 0 bridgehead atoms. The highest BCUT2D eigenvalue weighted by molar-refractivity contribution is 5.68. The Morgan fingerprint density at radius 2 is 2.28 bits per heavy atom. The second-order valence-electron chi connectivity index (χ2n) is 4.64. The van der Waals surface area contributed by atoms with Crippen LogP contribution in [0.5, 0.6) is 5.75 Å². The lowest BCUT2D eigenvalue weighted by Crippen LogP contribution is -2.17. The van der Waals surface area contributed by atoms with Crippen molar-refractivity contribution in [1.29, 1.82) is 0 Å². The second-order valence-corrected chi connectivity index (χ2v) is 4.64. The summed E-state index contributed by atoms with van der Waals surface area (Å²) in [5, 5.41) is 8.72. The molecule has 1 unspecified atom stereocenters. The van der Waals surface area contributed by atoms with Crippen LogP contribution in [0.1, 0.15) is 30.9 Å². The van der Waals surface area contributed by atoms with E-state index in [2.05, 4.69) is 0 Å². The standard InChI is InChI=1S/C13H16FNO3/c14-9-3-4-12(18-7-8-1-2-8)10(5-9)11(15)6-13(16)17/h3-5,8,11H,1-2,6-7,15H2,(H,16,17). The molecule has 98 valence electrons. The Morgan fingerprint density at radius 1 is 1.56 bits per heavy atom. The Kier molecular flexibility index (Phi) is 3.81. The molecular weight excluding hydrogens is 237 g/mol. The molecule has 1 aliphatic carbocycles. The van der Waals surface area contributed by atoms with Gasteiger partial charge in [-0.3, -0.25) is 4.79 Å². The van der Waals surface area contributed by atoms with Crippen LogP contribution in [0.4, 0.5) is 4.39 Å². The molecular formula is C13H16FNO3. The molecule has 4 nitrogen and oxygen atoms in total. The summed E-state index contributed by atoms with van der Waals surface area (Å²) in [6.07, 6.45) is 2.05. The number of nitrogens with two attached hydrogens (primary N) is 1. The minimum atomic E-state index is -1.01. The van der Waals surface area contributed by atoms with E-state index in [0.717, 1.165) is 12.8 Å². The first-order valence-electron chi connectivity index (χ1n) is 5.96. The Balaban J connectivity index is 2.12. The van der Waals surface area contributed by atoms with E-state index in [1.165, 1.54) is 18.2 Å². The van der Waals surface area contributed by atoms with Crippen LogP contribution >= 0.6 is 0 Å². The Morgan fingerprint density at radius 3 is 2.89 bits per heavy atom. The average molecular weight is 253 g/mol. The first kappa shape index (κ1) is 12.8. The Hall–Kier alpha value is -1.62. The van der Waals surface area contributed by atoms with Gasteiger partial charge in [-0.1, -0.05) is 0 Å². The molecule has 1 saturated carbocycles. The number of benzene rings is 1. The third kappa shape index (κ3) is 3.43. The maximum atomic E-state index is 13.2. The summed E-state index contributed by atoms with van der Waals surface area (Å²) in [6.45, 7) is 0.582. The Bertz CT molecular complexity index is 446. The van der Waals surface area contributed by atoms with Crippen molar-refractivity contribution in [2.75, 3.05) is 6.61 Å². The Labute approximate surface area is 105 Å². The first-order chi connectivity index (χ1) is 8.56. The molecule has 0 spiro atoms. The maximum Gasteiger partial charge on any atom is 0.305 e. The molecule has 5 heteroatoms. The smallest absolute Gasteiger partial charge is 0.305 e. The van der Waals surface area contributed by atoms with Crippen LogP contribution in [0.25, 0.3) is 0 Å². The van der Waals surface area contributed by atoms with Crippen LogP contribution in [-0.4, -0.2) is 17.7 Å². The lowest BCUT2D eigenvalue weighted by atomic mass is 10.0. The van der Waals surface area contributed by atoms with E-state index in [1.54, 1.807) is 0 Å². The molecule has 0 aliphatic heterocycles. The number of hydrogen-bond donors (Lipinski definition) is 2. The van der Waals surface area contributed by atoms with Gasteiger partial charge in [-0.15, -0.1) is 0 Å². The fourth-order valence-corrected chi connectivity index (χ4v) is 1.73. The molecule has 1 aromatic carbocycles. The number of rotatable bonds is 6. The fourth-order valence-electron chi connectivity index (χ4n) is 1.73. The maximum absolute atomic E-state index is 13.2. The monoisotopic (exact) mass is 253 g/mol. The lowest BCUT2D eigenvalue weighted by molar-refractivity contribution is -0.137. The van der Waals surface area contributed by atoms with Crippen LogP contribution in [0.2, 0.25) is 0 Å². The summed E-state index contributed by atoms with van der Waals surface area (Å²) < 4.78 is 18.8. The summed E-state index contributed by atoms with van der Waals surface area (Å²) in [5.74, 6) is -0.403. The van der Waals surface area contributed by atoms with Gasteiger partial charge in [0, 0.05) is 11.6 Å². The summed E-state index contributed by atoms with van der Waals surface area (Å²) in [6, 6.07) is 3.29.